The van der Waals surface area contributed by atoms with E-state index in [-0.39, 0.29) is 105 Å². The van der Waals surface area contributed by atoms with Crippen molar-refractivity contribution in [2.24, 2.45) is 17.6 Å². The van der Waals surface area contributed by atoms with E-state index in [4.69, 9.17) is 19.9 Å². The Balaban J connectivity index is 0.925. The topological polar surface area (TPSA) is 380 Å². The molecule has 2 aliphatic heterocycles. The number of fused-ring (bicyclic) bond motifs is 3. The number of hydrogen-bond donors (Lipinski definition) is 9. The van der Waals surface area contributed by atoms with Gasteiger partial charge in [0.1, 0.15) is 29.8 Å². The maximum Gasteiger partial charge on any atom is 0.407 e. The molecule has 26 nitrogen and oxygen atoms in total. The number of nitrogens with one attached hydrogen (secondary N) is 4. The Morgan fingerprint density at radius 1 is 0.897 bits per heavy atom. The molecule has 2 heterocycles. The number of hydrogen-bond acceptors (Lipinski definition) is 19. The van der Waals surface area contributed by atoms with Gasteiger partial charge in [0.2, 0.25) is 29.5 Å². The minimum absolute atomic E-state index is 0.00631. The van der Waals surface area contributed by atoms with Gasteiger partial charge in [0.15, 0.2) is 29.4 Å². The van der Waals surface area contributed by atoms with E-state index in [9.17, 15) is 73.2 Å². The number of aromatic hydroxyl groups is 2. The number of nitrogens with two attached hydrogens (primary N) is 1. The Morgan fingerprint density at radius 2 is 1.51 bits per heavy atom. The first-order valence-corrected chi connectivity index (χ1v) is 29.3. The van der Waals surface area contributed by atoms with Crippen LogP contribution in [-0.4, -0.2) is 174 Å². The third-order valence-corrected chi connectivity index (χ3v) is 16.5. The van der Waals surface area contributed by atoms with E-state index in [1.807, 2.05) is 0 Å². The fourth-order valence-electron chi connectivity index (χ4n) is 10.8. The molecule has 27 heteroatoms. The lowest BCUT2D eigenvalue weighted by Crippen LogP contribution is -2.59. The number of aliphatic hydroxyl groups is 2. The van der Waals surface area contributed by atoms with Gasteiger partial charge in [0.25, 0.3) is 0 Å². The number of urea groups is 1. The Bertz CT molecular complexity index is 3200. The van der Waals surface area contributed by atoms with E-state index in [1.54, 1.807) is 26.0 Å². The number of ketones is 4. The fraction of sp³-hybridized carbons (Fsp3) is 0.450. The number of benzene rings is 3. The van der Waals surface area contributed by atoms with Crippen LogP contribution in [0.5, 0.6) is 11.5 Å². The summed E-state index contributed by atoms with van der Waals surface area (Å²) in [5.74, 6) is -7.59. The van der Waals surface area contributed by atoms with Crippen LogP contribution in [0.3, 0.4) is 0 Å². The van der Waals surface area contributed by atoms with Gasteiger partial charge in [0, 0.05) is 78.3 Å². The second-order valence-corrected chi connectivity index (χ2v) is 23.2. The molecule has 0 spiro atoms. The van der Waals surface area contributed by atoms with Gasteiger partial charge >= 0.3 is 12.1 Å². The van der Waals surface area contributed by atoms with Crippen molar-refractivity contribution < 1.29 is 87.4 Å². The number of primary amides is 1. The van der Waals surface area contributed by atoms with Gasteiger partial charge in [-0.2, -0.15) is 11.8 Å². The van der Waals surface area contributed by atoms with Gasteiger partial charge in [-0.05, 0) is 62.5 Å². The summed E-state index contributed by atoms with van der Waals surface area (Å²) >= 11 is 1.14. The highest BCUT2D eigenvalue weighted by atomic mass is 32.2. The van der Waals surface area contributed by atoms with E-state index in [1.165, 1.54) is 58.0 Å². The monoisotopic (exact) mass is 1220 g/mol. The number of rotatable bonds is 24. The lowest BCUT2D eigenvalue weighted by molar-refractivity contribution is -0.249. The number of phenols is 2. The van der Waals surface area contributed by atoms with Crippen LogP contribution in [0, 0.1) is 11.8 Å². The highest BCUT2D eigenvalue weighted by Gasteiger charge is 2.49. The number of Topliss-reactive ketones (excluding diaryl/α,β-unsaturated/α-hetero) is 2. The second kappa shape index (κ2) is 28.8. The zero-order valence-electron chi connectivity index (χ0n) is 48.5. The van der Waals surface area contributed by atoms with E-state index in [0.717, 1.165) is 30.8 Å². The summed E-state index contributed by atoms with van der Waals surface area (Å²) in [7, 11) is 0. The van der Waals surface area contributed by atoms with Crippen LogP contribution in [0.25, 0.3) is 0 Å². The summed E-state index contributed by atoms with van der Waals surface area (Å²) in [5, 5.41) is 56.8. The van der Waals surface area contributed by atoms with Crippen LogP contribution < -0.4 is 27.0 Å². The largest absolute Gasteiger partial charge is 0.507 e. The number of nitrogens with zero attached hydrogens (tertiary/aromatic N) is 3. The van der Waals surface area contributed by atoms with Crippen LogP contribution in [0.4, 0.5) is 15.3 Å². The Hall–Kier alpha value is -8.50. The third-order valence-electron chi connectivity index (χ3n) is 15.6. The zero-order valence-corrected chi connectivity index (χ0v) is 49.4. The number of carbonyl (C=O) groups excluding carboxylic acids is 11. The summed E-state index contributed by atoms with van der Waals surface area (Å²) < 4.78 is 17.7. The summed E-state index contributed by atoms with van der Waals surface area (Å²) in [4.78, 5) is 148. The lowest BCUT2D eigenvalue weighted by Gasteiger charge is -2.42. The summed E-state index contributed by atoms with van der Waals surface area (Å²) in [6, 6.07) is 9.25. The molecule has 4 aliphatic rings. The second-order valence-electron chi connectivity index (χ2n) is 22.1. The van der Waals surface area contributed by atoms with Crippen LogP contribution in [0.1, 0.15) is 121 Å². The van der Waals surface area contributed by atoms with E-state index in [2.05, 4.69) is 34.4 Å². The molecule has 2 aliphatic carbocycles. The van der Waals surface area contributed by atoms with Crippen molar-refractivity contribution in [3.05, 3.63) is 113 Å². The zero-order chi connectivity index (χ0) is 63.6. The van der Waals surface area contributed by atoms with Crippen molar-refractivity contribution in [3.63, 3.8) is 0 Å². The molecule has 0 bridgehead atoms. The van der Waals surface area contributed by atoms with Gasteiger partial charge in [-0.25, -0.2) is 9.59 Å². The summed E-state index contributed by atoms with van der Waals surface area (Å²) in [6.45, 7) is 12.7. The molecule has 3 aromatic carbocycles. The minimum atomic E-state index is -2.16. The maximum atomic E-state index is 13.9. The number of alkyl carbamates (subject to hydrolysis) is 1. The molecular formula is C60H72N8O18S. The highest BCUT2D eigenvalue weighted by Crippen LogP contribution is 2.52. The van der Waals surface area contributed by atoms with Crippen LogP contribution >= 0.6 is 11.8 Å². The molecule has 0 saturated carbocycles. The fourth-order valence-corrected chi connectivity index (χ4v) is 11.6. The van der Waals surface area contributed by atoms with Crippen molar-refractivity contribution in [2.45, 2.75) is 122 Å². The number of thioether (sulfide) groups is 1. The average Bonchev–Trinajstić information content (AvgIpc) is 0.771. The number of phenolic OH excluding ortho intramolecular Hbond substituents is 2. The van der Waals surface area contributed by atoms with E-state index < -0.39 is 148 Å². The molecule has 8 atom stereocenters. The highest BCUT2D eigenvalue weighted by molar-refractivity contribution is 7.99. The van der Waals surface area contributed by atoms with Gasteiger partial charge in [-0.3, -0.25) is 43.2 Å². The molecule has 0 radical (unpaired) electrons. The van der Waals surface area contributed by atoms with Crippen LogP contribution in [0.15, 0.2) is 73.8 Å². The van der Waals surface area contributed by atoms with E-state index >= 15 is 0 Å². The first kappa shape index (κ1) is 66.0. The maximum absolute atomic E-state index is 13.9. The van der Waals surface area contributed by atoms with Crippen molar-refractivity contribution >= 4 is 82.2 Å². The predicted molar refractivity (Wildman–Crippen MR) is 312 cm³/mol. The predicted octanol–water partition coefficient (Wildman–Crippen LogP) is 2.96. The SMILES string of the molecule is C=CC(=O)N1CN(C(=O)C=C)CN(C(=O)CCSCC(=O)N[C@H](C(=O)C[C@@H](CCCNC(N)=O)C(=O)Nc2ccc(COC(=O)N[C@H]3C[C@H](O[C@H]4C[C@](O)(C(C)=O)Cc5c(O)c6c(c(O)c54)C(=O)c4ccccc4C6=O)O[C@@H](C)[C@H]3O)cc2)C(C)C)C1. The van der Waals surface area contributed by atoms with Gasteiger partial charge < -0.3 is 76.3 Å². The molecule has 466 valence electrons. The lowest BCUT2D eigenvalue weighted by atomic mass is 9.72. The molecule has 10 N–H and O–H groups in total. The average molecular weight is 1230 g/mol. The quantitative estimate of drug-likeness (QED) is 0.0277. The molecule has 2 saturated heterocycles. The number of amides is 8. The van der Waals surface area contributed by atoms with Crippen LogP contribution in [-0.2, 0) is 60.8 Å². The number of anilines is 1. The van der Waals surface area contributed by atoms with Crippen LogP contribution in [0.2, 0.25) is 0 Å². The van der Waals surface area contributed by atoms with Crippen molar-refractivity contribution in [2.75, 3.05) is 43.4 Å². The first-order valence-electron chi connectivity index (χ1n) is 28.1. The molecule has 3 aromatic rings. The third kappa shape index (κ3) is 15.7. The smallest absolute Gasteiger partial charge is 0.407 e. The molecule has 0 unspecified atom stereocenters. The molecular weight excluding hydrogens is 1150 g/mol. The molecule has 8 amide bonds. The number of aliphatic hydroxyl groups excluding tert-OH is 1. The van der Waals surface area contributed by atoms with Crippen molar-refractivity contribution in [3.8, 4) is 11.5 Å². The summed E-state index contributed by atoms with van der Waals surface area (Å²) in [5.41, 5.74) is 2.55. The Kier molecular flexibility index (Phi) is 21.9. The number of carbonyl (C=O) groups is 11. The Morgan fingerprint density at radius 3 is 2.09 bits per heavy atom. The van der Waals surface area contributed by atoms with E-state index in [0.29, 0.717) is 11.3 Å². The molecule has 0 aromatic heterocycles. The van der Waals surface area contributed by atoms with Gasteiger partial charge in [-0.1, -0.05) is 63.4 Å². The standard InChI is InChI=1S/C60H72N8O18S/c1-7-44(72)66-28-67(45(73)8-2)30-68(29-66)46(74)19-21-87-27-43(71)65-51(31(3)4)41(70)22-35(12-11-20-62-58(61)81)57(80)63-36-17-15-34(16-18-36)26-84-59(82)64-40-23-47(85-32(5)52(40)75)86-42-25-60(83,33(6)69)24-39-48(42)56(79)50-49(55(39)78)53(76)37-13-9-10-14-38(37)54(50)77/h7-10,13-18,31-32,35,40,42,47,51-52,75,78-79,83H,1-2,11-12,19-30H2,3-6H3,(H,63,80)(H,64,82)(H,65,71)(H3,61,62,81)/t32-,35+,40-,42-,47-,51-,52+,60-/m0/s1. The summed E-state index contributed by atoms with van der Waals surface area (Å²) in [6.07, 6.45) is -4.97. The normalized spacial score (nSPS) is 21.2. The minimum Gasteiger partial charge on any atom is -0.507 e. The van der Waals surface area contributed by atoms with Gasteiger partial charge in [0.05, 0.1) is 61.2 Å². The number of ether oxygens (including phenoxy) is 3. The first-order chi connectivity index (χ1) is 41.2. The van der Waals surface area contributed by atoms with Gasteiger partial charge in [-0.15, -0.1) is 0 Å². The van der Waals surface area contributed by atoms with Crippen molar-refractivity contribution in [1.82, 2.24) is 30.7 Å². The van der Waals surface area contributed by atoms with Crippen molar-refractivity contribution in [1.29, 1.82) is 0 Å². The molecule has 7 rings (SSSR count). The Labute approximate surface area is 505 Å². The molecule has 87 heavy (non-hydrogen) atoms. The molecule has 2 fully saturated rings.